The predicted octanol–water partition coefficient (Wildman–Crippen LogP) is 2.15. The normalized spacial score (nSPS) is 11.6. The molecule has 0 heterocycles. The predicted molar refractivity (Wildman–Crippen MR) is 64.1 cm³/mol. The van der Waals surface area contributed by atoms with Gasteiger partial charge in [0.2, 0.25) is 0 Å². The van der Waals surface area contributed by atoms with E-state index in [0.717, 1.165) is 5.56 Å². The van der Waals surface area contributed by atoms with Gasteiger partial charge in [0.25, 0.3) is 0 Å². The molecule has 0 saturated heterocycles. The molecule has 2 N–H and O–H groups in total. The lowest BCUT2D eigenvalue weighted by atomic mass is 10.1. The Hall–Kier alpha value is -1.00. The second-order valence-corrected chi connectivity index (χ2v) is 3.48. The second-order valence-electron chi connectivity index (χ2n) is 3.48. The summed E-state index contributed by atoms with van der Waals surface area (Å²) in [7, 11) is 2.94. The number of nitrogens with two attached hydrogens (primary N) is 1. The molecular formula is C11H17ClFNO2. The van der Waals surface area contributed by atoms with E-state index in [9.17, 15) is 4.39 Å². The van der Waals surface area contributed by atoms with E-state index < -0.39 is 5.82 Å². The molecule has 1 aromatic carbocycles. The summed E-state index contributed by atoms with van der Waals surface area (Å²) in [5.74, 6) is 0.292. The summed E-state index contributed by atoms with van der Waals surface area (Å²) in [6.07, 6.45) is 0.625. The molecule has 92 valence electrons. The van der Waals surface area contributed by atoms with Crippen molar-refractivity contribution < 1.29 is 13.9 Å². The highest BCUT2D eigenvalue weighted by Gasteiger charge is 2.11. The zero-order chi connectivity index (χ0) is 11.4. The molecule has 0 spiro atoms. The van der Waals surface area contributed by atoms with Gasteiger partial charge in [-0.25, -0.2) is 4.39 Å². The van der Waals surface area contributed by atoms with Crippen LogP contribution in [0.15, 0.2) is 12.1 Å². The third-order valence-corrected chi connectivity index (χ3v) is 2.10. The van der Waals surface area contributed by atoms with Crippen molar-refractivity contribution in [3.8, 4) is 11.5 Å². The molecular weight excluding hydrogens is 233 g/mol. The van der Waals surface area contributed by atoms with Crippen LogP contribution in [0.5, 0.6) is 11.5 Å². The van der Waals surface area contributed by atoms with Gasteiger partial charge in [-0.3, -0.25) is 0 Å². The van der Waals surface area contributed by atoms with Gasteiger partial charge in [0.05, 0.1) is 14.2 Å². The fraction of sp³-hybridized carbons (Fsp3) is 0.455. The average molecular weight is 250 g/mol. The van der Waals surface area contributed by atoms with E-state index in [0.29, 0.717) is 12.2 Å². The first-order chi connectivity index (χ1) is 7.08. The Kier molecular flexibility index (Phi) is 6.14. The van der Waals surface area contributed by atoms with Crippen molar-refractivity contribution in [1.82, 2.24) is 0 Å². The second kappa shape index (κ2) is 6.55. The van der Waals surface area contributed by atoms with Crippen LogP contribution in [0.25, 0.3) is 0 Å². The van der Waals surface area contributed by atoms with Crippen LogP contribution >= 0.6 is 12.4 Å². The summed E-state index contributed by atoms with van der Waals surface area (Å²) in [5, 5.41) is 0. The minimum atomic E-state index is -0.428. The van der Waals surface area contributed by atoms with Gasteiger partial charge in [-0.05, 0) is 25.0 Å². The van der Waals surface area contributed by atoms with Crippen molar-refractivity contribution in [2.24, 2.45) is 5.73 Å². The van der Waals surface area contributed by atoms with Crippen LogP contribution < -0.4 is 15.2 Å². The van der Waals surface area contributed by atoms with Gasteiger partial charge in [-0.1, -0.05) is 0 Å². The van der Waals surface area contributed by atoms with Crippen LogP contribution in [0.3, 0.4) is 0 Å². The summed E-state index contributed by atoms with van der Waals surface area (Å²) in [6.45, 7) is 1.88. The quantitative estimate of drug-likeness (QED) is 0.889. The number of halogens is 2. The molecule has 0 aromatic heterocycles. The molecule has 0 saturated carbocycles. The minimum Gasteiger partial charge on any atom is -0.496 e. The van der Waals surface area contributed by atoms with Gasteiger partial charge in [0, 0.05) is 12.1 Å². The Labute approximate surface area is 101 Å². The van der Waals surface area contributed by atoms with Crippen LogP contribution in [0, 0.1) is 5.82 Å². The Morgan fingerprint density at radius 2 is 1.81 bits per heavy atom. The fourth-order valence-electron chi connectivity index (χ4n) is 1.43. The van der Waals surface area contributed by atoms with Crippen molar-refractivity contribution in [2.75, 3.05) is 14.2 Å². The van der Waals surface area contributed by atoms with Crippen LogP contribution in [-0.4, -0.2) is 20.3 Å². The van der Waals surface area contributed by atoms with E-state index in [1.54, 1.807) is 6.07 Å². The van der Waals surface area contributed by atoms with E-state index in [1.807, 2.05) is 6.92 Å². The van der Waals surface area contributed by atoms with E-state index in [4.69, 9.17) is 15.2 Å². The number of hydrogen-bond acceptors (Lipinski definition) is 3. The highest BCUT2D eigenvalue weighted by atomic mass is 35.5. The Morgan fingerprint density at radius 3 is 2.25 bits per heavy atom. The van der Waals surface area contributed by atoms with Crippen LogP contribution in [0.2, 0.25) is 0 Å². The monoisotopic (exact) mass is 249 g/mol. The molecule has 3 nitrogen and oxygen atoms in total. The maximum absolute atomic E-state index is 13.3. The molecule has 5 heteroatoms. The molecule has 0 radical (unpaired) electrons. The molecule has 0 amide bonds. The smallest absolute Gasteiger partial charge is 0.168 e. The molecule has 0 aliphatic carbocycles. The summed E-state index contributed by atoms with van der Waals surface area (Å²) >= 11 is 0. The van der Waals surface area contributed by atoms with E-state index in [2.05, 4.69) is 0 Å². The van der Waals surface area contributed by atoms with Gasteiger partial charge in [0.1, 0.15) is 5.75 Å². The number of hydrogen-bond donors (Lipinski definition) is 1. The summed E-state index contributed by atoms with van der Waals surface area (Å²) < 4.78 is 23.3. The third-order valence-electron chi connectivity index (χ3n) is 2.10. The summed E-state index contributed by atoms with van der Waals surface area (Å²) in [6, 6.07) is 2.93. The van der Waals surface area contributed by atoms with Crippen molar-refractivity contribution >= 4 is 12.4 Å². The molecule has 0 fully saturated rings. The number of ether oxygens (including phenoxy) is 2. The molecule has 0 bridgehead atoms. The highest BCUT2D eigenvalue weighted by molar-refractivity contribution is 5.85. The number of benzene rings is 1. The molecule has 1 unspecified atom stereocenters. The summed E-state index contributed by atoms with van der Waals surface area (Å²) in [4.78, 5) is 0. The maximum atomic E-state index is 13.3. The zero-order valence-corrected chi connectivity index (χ0v) is 10.4. The highest BCUT2D eigenvalue weighted by Crippen LogP contribution is 2.28. The lowest BCUT2D eigenvalue weighted by Gasteiger charge is -2.12. The van der Waals surface area contributed by atoms with Crippen LogP contribution in [0.4, 0.5) is 4.39 Å². The molecule has 1 aromatic rings. The van der Waals surface area contributed by atoms with Crippen molar-refractivity contribution in [3.63, 3.8) is 0 Å². The van der Waals surface area contributed by atoms with Crippen LogP contribution in [0.1, 0.15) is 12.5 Å². The summed E-state index contributed by atoms with van der Waals surface area (Å²) in [5.41, 5.74) is 6.54. The Bertz CT molecular complexity index is 345. The Morgan fingerprint density at radius 1 is 1.25 bits per heavy atom. The maximum Gasteiger partial charge on any atom is 0.168 e. The van der Waals surface area contributed by atoms with Crippen molar-refractivity contribution in [1.29, 1.82) is 0 Å². The Balaban J connectivity index is 0.00000225. The third kappa shape index (κ3) is 3.54. The van der Waals surface area contributed by atoms with E-state index in [1.165, 1.54) is 20.3 Å². The molecule has 1 atom stereocenters. The topological polar surface area (TPSA) is 44.5 Å². The van der Waals surface area contributed by atoms with Gasteiger partial charge >= 0.3 is 0 Å². The first-order valence-corrected chi connectivity index (χ1v) is 4.74. The van der Waals surface area contributed by atoms with Crippen LogP contribution in [-0.2, 0) is 6.42 Å². The lowest BCUT2D eigenvalue weighted by Crippen LogP contribution is -2.18. The first kappa shape index (κ1) is 15.0. The van der Waals surface area contributed by atoms with E-state index >= 15 is 0 Å². The SMILES string of the molecule is COc1cc(CC(C)N)c(OC)cc1F.Cl. The lowest BCUT2D eigenvalue weighted by molar-refractivity contribution is 0.373. The van der Waals surface area contributed by atoms with Crippen molar-refractivity contribution in [2.45, 2.75) is 19.4 Å². The standard InChI is InChI=1S/C11H16FNO2.ClH/c1-7(13)4-8-5-11(15-3)9(12)6-10(8)14-2;/h5-7H,4,13H2,1-3H3;1H. The fourth-order valence-corrected chi connectivity index (χ4v) is 1.43. The molecule has 16 heavy (non-hydrogen) atoms. The van der Waals surface area contributed by atoms with Gasteiger partial charge in [-0.15, -0.1) is 12.4 Å². The van der Waals surface area contributed by atoms with Gasteiger partial charge < -0.3 is 15.2 Å². The molecule has 1 rings (SSSR count). The first-order valence-electron chi connectivity index (χ1n) is 4.74. The average Bonchev–Trinajstić information content (AvgIpc) is 2.19. The van der Waals surface area contributed by atoms with Gasteiger partial charge in [-0.2, -0.15) is 0 Å². The minimum absolute atomic E-state index is 0. The zero-order valence-electron chi connectivity index (χ0n) is 9.62. The molecule has 0 aliphatic rings. The number of rotatable bonds is 4. The number of methoxy groups -OCH3 is 2. The largest absolute Gasteiger partial charge is 0.496 e. The van der Waals surface area contributed by atoms with Crippen molar-refractivity contribution in [3.05, 3.63) is 23.5 Å². The molecule has 0 aliphatic heterocycles. The van der Waals surface area contributed by atoms with Gasteiger partial charge in [0.15, 0.2) is 11.6 Å². The van der Waals surface area contributed by atoms with E-state index in [-0.39, 0.29) is 24.2 Å².